The third-order valence-electron chi connectivity index (χ3n) is 4.56. The number of nitrogens with two attached hydrogens (primary N) is 1. The average molecular weight is 372 g/mol. The van der Waals surface area contributed by atoms with Crippen molar-refractivity contribution in [2.45, 2.75) is 13.2 Å². The summed E-state index contributed by atoms with van der Waals surface area (Å²) in [5.41, 5.74) is 8.15. The van der Waals surface area contributed by atoms with Crippen LogP contribution in [0.2, 0.25) is 0 Å². The first-order valence-electron chi connectivity index (χ1n) is 8.76. The minimum atomic E-state index is -0.315. The molecule has 0 fully saturated rings. The van der Waals surface area contributed by atoms with Crippen molar-refractivity contribution in [3.8, 4) is 11.9 Å². The molecule has 28 heavy (non-hydrogen) atoms. The number of anilines is 1. The van der Waals surface area contributed by atoms with Crippen molar-refractivity contribution in [3.63, 3.8) is 0 Å². The molecule has 2 N–H and O–H groups in total. The molecule has 0 bridgehead atoms. The lowest BCUT2D eigenvalue weighted by Gasteiger charge is -2.08. The Morgan fingerprint density at radius 1 is 1.04 bits per heavy atom. The summed E-state index contributed by atoms with van der Waals surface area (Å²) >= 11 is 0. The Labute approximate surface area is 161 Å². The van der Waals surface area contributed by atoms with Crippen molar-refractivity contribution in [3.05, 3.63) is 89.2 Å². The summed E-state index contributed by atoms with van der Waals surface area (Å²) in [5, 5.41) is 16.1. The van der Waals surface area contributed by atoms with Gasteiger partial charge in [0.2, 0.25) is 0 Å². The molecule has 4 aromatic rings. The summed E-state index contributed by atoms with van der Waals surface area (Å²) in [6.07, 6.45) is 0. The first-order valence-corrected chi connectivity index (χ1v) is 8.76. The van der Waals surface area contributed by atoms with Gasteiger partial charge in [0.05, 0.1) is 6.54 Å². The molecule has 4 rings (SSSR count). The number of nitriles is 1. The van der Waals surface area contributed by atoms with E-state index in [-0.39, 0.29) is 29.7 Å². The standard InChI is InChI=1S/C22H17FN4O/c23-18-10-8-15(9-11-18)14-28-22-20(12-24)21(25)27(26-22)13-17-6-3-5-16-4-1-2-7-19(16)17/h1-11H,13-14,25H2. The van der Waals surface area contributed by atoms with Crippen molar-refractivity contribution < 1.29 is 9.13 Å². The SMILES string of the molecule is N#Cc1c(OCc2ccc(F)cc2)nn(Cc2cccc3ccccc23)c1N. The van der Waals surface area contributed by atoms with E-state index in [0.717, 1.165) is 21.9 Å². The average Bonchev–Trinajstić information content (AvgIpc) is 3.02. The molecule has 0 aliphatic rings. The summed E-state index contributed by atoms with van der Waals surface area (Å²) in [4.78, 5) is 0. The molecule has 0 amide bonds. The largest absolute Gasteiger partial charge is 0.471 e. The molecule has 0 aliphatic carbocycles. The zero-order valence-corrected chi connectivity index (χ0v) is 15.0. The number of hydrogen-bond donors (Lipinski definition) is 1. The van der Waals surface area contributed by atoms with Gasteiger partial charge in [-0.25, -0.2) is 9.07 Å². The highest BCUT2D eigenvalue weighted by Crippen LogP contribution is 2.26. The Bertz CT molecular complexity index is 1170. The van der Waals surface area contributed by atoms with Gasteiger partial charge in [0.1, 0.15) is 24.3 Å². The maximum atomic E-state index is 13.0. The van der Waals surface area contributed by atoms with Crippen LogP contribution in [0.4, 0.5) is 10.2 Å². The zero-order chi connectivity index (χ0) is 19.5. The quantitative estimate of drug-likeness (QED) is 0.568. The van der Waals surface area contributed by atoms with E-state index >= 15 is 0 Å². The molecule has 1 aromatic heterocycles. The van der Waals surface area contributed by atoms with Crippen LogP contribution in [0.5, 0.6) is 5.88 Å². The normalized spacial score (nSPS) is 10.7. The fourth-order valence-corrected chi connectivity index (χ4v) is 3.10. The summed E-state index contributed by atoms with van der Waals surface area (Å²) < 4.78 is 20.3. The summed E-state index contributed by atoms with van der Waals surface area (Å²) in [6.45, 7) is 0.585. The summed E-state index contributed by atoms with van der Waals surface area (Å²) in [6, 6.07) is 22.1. The molecular formula is C22H17FN4O. The van der Waals surface area contributed by atoms with Crippen molar-refractivity contribution >= 4 is 16.6 Å². The van der Waals surface area contributed by atoms with E-state index in [1.807, 2.05) is 42.5 Å². The van der Waals surface area contributed by atoms with Gasteiger partial charge in [0.15, 0.2) is 5.56 Å². The fraction of sp³-hybridized carbons (Fsp3) is 0.0909. The van der Waals surface area contributed by atoms with Crippen LogP contribution in [0.25, 0.3) is 10.8 Å². The number of nitrogen functional groups attached to an aromatic ring is 1. The van der Waals surface area contributed by atoms with Crippen molar-refractivity contribution in [1.82, 2.24) is 9.78 Å². The van der Waals surface area contributed by atoms with Gasteiger partial charge in [-0.2, -0.15) is 5.26 Å². The van der Waals surface area contributed by atoms with Crippen LogP contribution in [0.15, 0.2) is 66.7 Å². The molecule has 0 unspecified atom stereocenters. The van der Waals surface area contributed by atoms with Gasteiger partial charge < -0.3 is 10.5 Å². The van der Waals surface area contributed by atoms with E-state index < -0.39 is 0 Å². The predicted molar refractivity (Wildman–Crippen MR) is 105 cm³/mol. The molecule has 0 saturated carbocycles. The predicted octanol–water partition coefficient (Wildman–Crippen LogP) is 4.26. The molecular weight excluding hydrogens is 355 g/mol. The molecule has 0 atom stereocenters. The maximum absolute atomic E-state index is 13.0. The van der Waals surface area contributed by atoms with E-state index in [2.05, 4.69) is 11.2 Å². The molecule has 138 valence electrons. The van der Waals surface area contributed by atoms with Crippen LogP contribution >= 0.6 is 0 Å². The van der Waals surface area contributed by atoms with Gasteiger partial charge in [0, 0.05) is 0 Å². The van der Waals surface area contributed by atoms with Crippen LogP contribution in [0.3, 0.4) is 0 Å². The van der Waals surface area contributed by atoms with Gasteiger partial charge in [-0.3, -0.25) is 0 Å². The van der Waals surface area contributed by atoms with Gasteiger partial charge in [-0.05, 0) is 34.0 Å². The van der Waals surface area contributed by atoms with Crippen LogP contribution in [0.1, 0.15) is 16.7 Å². The number of rotatable bonds is 5. The Kier molecular flexibility index (Phi) is 4.65. The van der Waals surface area contributed by atoms with Gasteiger partial charge in [0.25, 0.3) is 5.88 Å². The van der Waals surface area contributed by atoms with Crippen molar-refractivity contribution in [2.24, 2.45) is 0 Å². The van der Waals surface area contributed by atoms with Gasteiger partial charge in [-0.15, -0.1) is 5.10 Å². The topological polar surface area (TPSA) is 76.9 Å². The molecule has 5 nitrogen and oxygen atoms in total. The second-order valence-corrected chi connectivity index (χ2v) is 6.39. The molecule has 6 heteroatoms. The fourth-order valence-electron chi connectivity index (χ4n) is 3.10. The van der Waals surface area contributed by atoms with Crippen molar-refractivity contribution in [1.29, 1.82) is 5.26 Å². The molecule has 1 heterocycles. The number of fused-ring (bicyclic) bond motifs is 1. The number of aromatic nitrogens is 2. The Balaban J connectivity index is 1.61. The maximum Gasteiger partial charge on any atom is 0.253 e. The first kappa shape index (κ1) is 17.6. The lowest BCUT2D eigenvalue weighted by molar-refractivity contribution is 0.289. The first-order chi connectivity index (χ1) is 13.7. The van der Waals surface area contributed by atoms with Crippen LogP contribution in [-0.2, 0) is 13.2 Å². The monoisotopic (exact) mass is 372 g/mol. The number of halogens is 1. The van der Waals surface area contributed by atoms with E-state index in [9.17, 15) is 9.65 Å². The van der Waals surface area contributed by atoms with Crippen LogP contribution < -0.4 is 10.5 Å². The summed E-state index contributed by atoms with van der Waals surface area (Å²) in [5.74, 6) is 0.110. The Morgan fingerprint density at radius 2 is 1.79 bits per heavy atom. The highest BCUT2D eigenvalue weighted by Gasteiger charge is 2.17. The lowest BCUT2D eigenvalue weighted by Crippen LogP contribution is -2.07. The second kappa shape index (κ2) is 7.41. The Morgan fingerprint density at radius 3 is 2.57 bits per heavy atom. The van der Waals surface area contributed by atoms with E-state index in [4.69, 9.17) is 10.5 Å². The van der Waals surface area contributed by atoms with E-state index in [1.54, 1.807) is 16.8 Å². The zero-order valence-electron chi connectivity index (χ0n) is 15.0. The third-order valence-corrected chi connectivity index (χ3v) is 4.56. The smallest absolute Gasteiger partial charge is 0.253 e. The minimum Gasteiger partial charge on any atom is -0.471 e. The minimum absolute atomic E-state index is 0.166. The van der Waals surface area contributed by atoms with Crippen LogP contribution in [0, 0.1) is 17.1 Å². The van der Waals surface area contributed by atoms with Crippen molar-refractivity contribution in [2.75, 3.05) is 5.73 Å². The molecule has 3 aromatic carbocycles. The van der Waals surface area contributed by atoms with E-state index in [0.29, 0.717) is 6.54 Å². The van der Waals surface area contributed by atoms with E-state index in [1.165, 1.54) is 12.1 Å². The second-order valence-electron chi connectivity index (χ2n) is 6.39. The molecule has 0 spiro atoms. The number of benzene rings is 3. The Hall–Kier alpha value is -3.85. The molecule has 0 saturated heterocycles. The number of ether oxygens (including phenoxy) is 1. The lowest BCUT2D eigenvalue weighted by atomic mass is 10.0. The summed E-state index contributed by atoms with van der Waals surface area (Å²) in [7, 11) is 0. The number of hydrogen-bond acceptors (Lipinski definition) is 4. The highest BCUT2D eigenvalue weighted by atomic mass is 19.1. The number of nitrogens with zero attached hydrogens (tertiary/aromatic N) is 3. The van der Waals surface area contributed by atoms with Crippen LogP contribution in [-0.4, -0.2) is 9.78 Å². The third kappa shape index (κ3) is 3.38. The van der Waals surface area contributed by atoms with Gasteiger partial charge >= 0.3 is 0 Å². The molecule has 0 aliphatic heterocycles. The van der Waals surface area contributed by atoms with Gasteiger partial charge in [-0.1, -0.05) is 54.6 Å². The molecule has 0 radical (unpaired) electrons. The highest BCUT2D eigenvalue weighted by molar-refractivity contribution is 5.85.